The van der Waals surface area contributed by atoms with Crippen LogP contribution in [0.4, 0.5) is 0 Å². The molecule has 0 spiro atoms. The molecule has 0 heterocycles. The van der Waals surface area contributed by atoms with Gasteiger partial charge in [-0.25, -0.2) is 0 Å². The number of rotatable bonds is 7. The number of benzene rings is 2. The van der Waals surface area contributed by atoms with Gasteiger partial charge in [-0.1, -0.05) is 29.8 Å². The molecule has 2 aromatic carbocycles. The van der Waals surface area contributed by atoms with Crippen LogP contribution < -0.4 is 20.2 Å². The molecular formula is C18H19BrClN3O2S. The topological polar surface area (TPSA) is 54.9 Å². The summed E-state index contributed by atoms with van der Waals surface area (Å²) in [5.74, 6) is 1.20. The molecule has 2 rings (SSSR count). The second-order valence-corrected chi connectivity index (χ2v) is 6.80. The molecule has 0 saturated heterocycles. The van der Waals surface area contributed by atoms with E-state index in [1.165, 1.54) is 0 Å². The average molecular weight is 457 g/mol. The smallest absolute Gasteiger partial charge is 0.186 e. The molecule has 0 atom stereocenters. The fourth-order valence-corrected chi connectivity index (χ4v) is 2.87. The number of hydrogen-bond acceptors (Lipinski definition) is 4. The van der Waals surface area contributed by atoms with E-state index < -0.39 is 0 Å². The van der Waals surface area contributed by atoms with Crippen LogP contribution in [-0.4, -0.2) is 25.0 Å². The number of nitrogens with one attached hydrogen (secondary N) is 2. The zero-order valence-corrected chi connectivity index (χ0v) is 17.5. The van der Waals surface area contributed by atoms with Gasteiger partial charge in [-0.3, -0.25) is 5.43 Å². The lowest BCUT2D eigenvalue weighted by atomic mass is 10.2. The first-order chi connectivity index (χ1) is 12.5. The Morgan fingerprint density at radius 2 is 2.08 bits per heavy atom. The fraction of sp³-hybridized carbons (Fsp3) is 0.222. The van der Waals surface area contributed by atoms with Crippen LogP contribution >= 0.6 is 39.7 Å². The molecule has 2 N–H and O–H groups in total. The maximum atomic E-state index is 6.17. The summed E-state index contributed by atoms with van der Waals surface area (Å²) in [5.41, 5.74) is 4.47. The first-order valence-electron chi connectivity index (χ1n) is 7.85. The second kappa shape index (κ2) is 10.4. The van der Waals surface area contributed by atoms with E-state index in [0.29, 0.717) is 28.2 Å². The van der Waals surface area contributed by atoms with E-state index in [0.717, 1.165) is 22.1 Å². The Labute approximate surface area is 171 Å². The van der Waals surface area contributed by atoms with Crippen LogP contribution in [-0.2, 0) is 6.61 Å². The summed E-state index contributed by atoms with van der Waals surface area (Å²) in [6.45, 7) is 3.03. The summed E-state index contributed by atoms with van der Waals surface area (Å²) >= 11 is 14.7. The SMILES string of the molecule is CCNC(=S)N/N=C\c1cc(OC)c(OCc2ccccc2Cl)cc1Br. The van der Waals surface area contributed by atoms with Crippen molar-refractivity contribution in [3.8, 4) is 11.5 Å². The Morgan fingerprint density at radius 3 is 2.77 bits per heavy atom. The predicted molar refractivity (Wildman–Crippen MR) is 113 cm³/mol. The molecular weight excluding hydrogens is 438 g/mol. The van der Waals surface area contributed by atoms with Gasteiger partial charge in [-0.2, -0.15) is 5.10 Å². The molecule has 0 unspecified atom stereocenters. The number of methoxy groups -OCH3 is 1. The summed E-state index contributed by atoms with van der Waals surface area (Å²) < 4.78 is 12.1. The third kappa shape index (κ3) is 5.86. The van der Waals surface area contributed by atoms with Crippen LogP contribution in [0.5, 0.6) is 11.5 Å². The summed E-state index contributed by atoms with van der Waals surface area (Å²) in [6, 6.07) is 11.2. The van der Waals surface area contributed by atoms with Crippen LogP contribution in [0.25, 0.3) is 0 Å². The monoisotopic (exact) mass is 455 g/mol. The minimum atomic E-state index is 0.342. The number of halogens is 2. The van der Waals surface area contributed by atoms with Crippen molar-refractivity contribution in [2.24, 2.45) is 5.10 Å². The van der Waals surface area contributed by atoms with Crippen molar-refractivity contribution in [2.45, 2.75) is 13.5 Å². The van der Waals surface area contributed by atoms with Crippen molar-refractivity contribution >= 4 is 51.1 Å². The van der Waals surface area contributed by atoms with Crippen molar-refractivity contribution in [3.63, 3.8) is 0 Å². The lowest BCUT2D eigenvalue weighted by Crippen LogP contribution is -2.31. The highest BCUT2D eigenvalue weighted by molar-refractivity contribution is 9.10. The normalized spacial score (nSPS) is 10.6. The van der Waals surface area contributed by atoms with Gasteiger partial charge in [0.15, 0.2) is 16.6 Å². The van der Waals surface area contributed by atoms with Gasteiger partial charge in [0.05, 0.1) is 13.3 Å². The molecule has 8 heteroatoms. The first kappa shape index (κ1) is 20.5. The predicted octanol–water partition coefficient (Wildman–Crippen LogP) is 4.51. The van der Waals surface area contributed by atoms with E-state index in [2.05, 4.69) is 31.8 Å². The minimum absolute atomic E-state index is 0.342. The quantitative estimate of drug-likeness (QED) is 0.365. The van der Waals surface area contributed by atoms with Crippen molar-refractivity contribution < 1.29 is 9.47 Å². The summed E-state index contributed by atoms with van der Waals surface area (Å²) in [5, 5.41) is 8.19. The molecule has 138 valence electrons. The van der Waals surface area contributed by atoms with Gasteiger partial charge in [0, 0.05) is 27.2 Å². The molecule has 0 amide bonds. The average Bonchev–Trinajstić information content (AvgIpc) is 2.62. The van der Waals surface area contributed by atoms with Gasteiger partial charge in [-0.05, 0) is 53.3 Å². The highest BCUT2D eigenvalue weighted by Gasteiger charge is 2.10. The van der Waals surface area contributed by atoms with Crippen LogP contribution in [0.3, 0.4) is 0 Å². The molecule has 0 saturated carbocycles. The Bertz CT molecular complexity index is 802. The van der Waals surface area contributed by atoms with Gasteiger partial charge >= 0.3 is 0 Å². The Hall–Kier alpha value is -1.83. The fourth-order valence-electron chi connectivity index (χ4n) is 2.05. The molecule has 0 aliphatic carbocycles. The van der Waals surface area contributed by atoms with E-state index in [-0.39, 0.29) is 0 Å². The lowest BCUT2D eigenvalue weighted by molar-refractivity contribution is 0.284. The largest absolute Gasteiger partial charge is 0.493 e. The maximum absolute atomic E-state index is 6.17. The Morgan fingerprint density at radius 1 is 1.31 bits per heavy atom. The van der Waals surface area contributed by atoms with Crippen molar-refractivity contribution in [3.05, 3.63) is 57.0 Å². The van der Waals surface area contributed by atoms with Crippen molar-refractivity contribution in [2.75, 3.05) is 13.7 Å². The molecule has 5 nitrogen and oxygen atoms in total. The first-order valence-corrected chi connectivity index (χ1v) is 9.43. The van der Waals surface area contributed by atoms with E-state index >= 15 is 0 Å². The standard InChI is InChI=1S/C18H19BrClN3O2S/c1-3-21-18(26)23-22-10-13-8-16(24-2)17(9-14(13)19)25-11-12-6-4-5-7-15(12)20/h4-10H,3,11H2,1-2H3,(H2,21,23,26)/b22-10-. The third-order valence-electron chi connectivity index (χ3n) is 3.33. The molecule has 0 bridgehead atoms. The number of thiocarbonyl (C=S) groups is 1. The Balaban J connectivity index is 2.12. The van der Waals surface area contributed by atoms with Gasteiger partial charge in [0.2, 0.25) is 0 Å². The molecule has 0 aliphatic heterocycles. The van der Waals surface area contributed by atoms with E-state index in [9.17, 15) is 0 Å². The van der Waals surface area contributed by atoms with Crippen LogP contribution in [0.15, 0.2) is 46.0 Å². The van der Waals surface area contributed by atoms with Crippen LogP contribution in [0.2, 0.25) is 5.02 Å². The van der Waals surface area contributed by atoms with E-state index in [1.54, 1.807) is 13.3 Å². The maximum Gasteiger partial charge on any atom is 0.186 e. The molecule has 0 radical (unpaired) electrons. The van der Waals surface area contributed by atoms with E-state index in [1.807, 2.05) is 43.3 Å². The highest BCUT2D eigenvalue weighted by Crippen LogP contribution is 2.33. The van der Waals surface area contributed by atoms with E-state index in [4.69, 9.17) is 33.3 Å². The van der Waals surface area contributed by atoms with Gasteiger partial charge < -0.3 is 14.8 Å². The van der Waals surface area contributed by atoms with Crippen molar-refractivity contribution in [1.82, 2.24) is 10.7 Å². The number of nitrogens with zero attached hydrogens (tertiary/aromatic N) is 1. The lowest BCUT2D eigenvalue weighted by Gasteiger charge is -2.13. The molecule has 26 heavy (non-hydrogen) atoms. The minimum Gasteiger partial charge on any atom is -0.493 e. The van der Waals surface area contributed by atoms with Crippen LogP contribution in [0.1, 0.15) is 18.1 Å². The number of ether oxygens (including phenoxy) is 2. The van der Waals surface area contributed by atoms with Gasteiger partial charge in [0.25, 0.3) is 0 Å². The summed E-state index contributed by atoms with van der Waals surface area (Å²) in [7, 11) is 1.59. The van der Waals surface area contributed by atoms with Crippen molar-refractivity contribution in [1.29, 1.82) is 0 Å². The highest BCUT2D eigenvalue weighted by atomic mass is 79.9. The van der Waals surface area contributed by atoms with Gasteiger partial charge in [0.1, 0.15) is 6.61 Å². The number of hydrazone groups is 1. The molecule has 2 aromatic rings. The zero-order valence-electron chi connectivity index (χ0n) is 14.4. The Kier molecular flexibility index (Phi) is 8.15. The third-order valence-corrected chi connectivity index (χ3v) is 4.62. The molecule has 0 fully saturated rings. The summed E-state index contributed by atoms with van der Waals surface area (Å²) in [6.07, 6.45) is 1.65. The summed E-state index contributed by atoms with van der Waals surface area (Å²) in [4.78, 5) is 0. The van der Waals surface area contributed by atoms with Gasteiger partial charge in [-0.15, -0.1) is 0 Å². The molecule has 0 aromatic heterocycles. The zero-order chi connectivity index (χ0) is 18.9. The second-order valence-electron chi connectivity index (χ2n) is 5.13. The van der Waals surface area contributed by atoms with Crippen LogP contribution in [0, 0.1) is 0 Å². The molecule has 0 aliphatic rings. The number of hydrogen-bond donors (Lipinski definition) is 2.